The van der Waals surface area contributed by atoms with Crippen LogP contribution in [0.3, 0.4) is 0 Å². The number of rotatable bonds is 3. The van der Waals surface area contributed by atoms with Crippen molar-refractivity contribution in [1.82, 2.24) is 15.2 Å². The molecule has 1 fully saturated rings. The smallest absolute Gasteiger partial charge is 0.245 e. The van der Waals surface area contributed by atoms with E-state index in [4.69, 9.17) is 5.73 Å². The zero-order valence-corrected chi connectivity index (χ0v) is 10.7. The minimum atomic E-state index is 0.239. The largest absolute Gasteiger partial charge is 0.338 e. The molecule has 1 saturated heterocycles. The lowest BCUT2D eigenvalue weighted by Gasteiger charge is -2.30. The Morgan fingerprint density at radius 1 is 1.24 bits per heavy atom. The quantitative estimate of drug-likeness (QED) is 0.844. The Morgan fingerprint density at radius 3 is 2.65 bits per heavy atom. The number of nitrogens with zero attached hydrogens (tertiary/aromatic N) is 4. The fraction of sp³-hybridized carbons (Fsp3) is 0.750. The highest BCUT2D eigenvalue weighted by atomic mass is 15.3. The van der Waals surface area contributed by atoms with Gasteiger partial charge in [0.25, 0.3) is 0 Å². The number of piperidine rings is 1. The predicted octanol–water partition coefficient (Wildman–Crippen LogP) is 0.924. The first-order chi connectivity index (χ1) is 8.24. The fourth-order valence-corrected chi connectivity index (χ4v) is 2.25. The summed E-state index contributed by atoms with van der Waals surface area (Å²) in [4.78, 5) is 6.77. The SMILES string of the molecule is CCc1nnc(N2CCC[C@@H](N)C2)nc1CC. The van der Waals surface area contributed by atoms with E-state index in [1.54, 1.807) is 0 Å². The van der Waals surface area contributed by atoms with Crippen LogP contribution in [0, 0.1) is 0 Å². The molecule has 0 aromatic carbocycles. The van der Waals surface area contributed by atoms with Crippen molar-refractivity contribution < 1.29 is 0 Å². The van der Waals surface area contributed by atoms with Crippen LogP contribution in [-0.4, -0.2) is 34.3 Å². The van der Waals surface area contributed by atoms with Crippen LogP contribution in [0.4, 0.5) is 5.95 Å². The molecule has 0 unspecified atom stereocenters. The average Bonchev–Trinajstić information content (AvgIpc) is 2.38. The first-order valence-corrected chi connectivity index (χ1v) is 6.47. The Labute approximate surface area is 102 Å². The van der Waals surface area contributed by atoms with Gasteiger partial charge in [-0.3, -0.25) is 0 Å². The van der Waals surface area contributed by atoms with E-state index in [1.165, 1.54) is 0 Å². The van der Waals surface area contributed by atoms with Gasteiger partial charge in [0.1, 0.15) is 0 Å². The summed E-state index contributed by atoms with van der Waals surface area (Å²) in [5, 5.41) is 8.50. The van der Waals surface area contributed by atoms with Gasteiger partial charge in [0, 0.05) is 19.1 Å². The standard InChI is InChI=1S/C12H21N5/c1-3-10-11(4-2)15-16-12(14-10)17-7-5-6-9(13)8-17/h9H,3-8,13H2,1-2H3/t9-/m1/s1. The van der Waals surface area contributed by atoms with Crippen LogP contribution in [0.5, 0.6) is 0 Å². The predicted molar refractivity (Wildman–Crippen MR) is 68.0 cm³/mol. The summed E-state index contributed by atoms with van der Waals surface area (Å²) in [5.74, 6) is 0.745. The van der Waals surface area contributed by atoms with Crippen molar-refractivity contribution in [2.24, 2.45) is 5.73 Å². The molecule has 1 atom stereocenters. The van der Waals surface area contributed by atoms with E-state index >= 15 is 0 Å². The maximum atomic E-state index is 5.97. The molecule has 0 saturated carbocycles. The molecule has 2 rings (SSSR count). The Morgan fingerprint density at radius 2 is 2.00 bits per heavy atom. The Kier molecular flexibility index (Phi) is 3.89. The van der Waals surface area contributed by atoms with Crippen molar-refractivity contribution in [2.75, 3.05) is 18.0 Å². The van der Waals surface area contributed by atoms with Crippen molar-refractivity contribution in [2.45, 2.75) is 45.6 Å². The molecule has 1 aromatic rings. The summed E-state index contributed by atoms with van der Waals surface area (Å²) in [6.07, 6.45) is 4.01. The lowest BCUT2D eigenvalue weighted by molar-refractivity contribution is 0.497. The van der Waals surface area contributed by atoms with Crippen LogP contribution in [-0.2, 0) is 12.8 Å². The van der Waals surface area contributed by atoms with E-state index in [0.29, 0.717) is 0 Å². The van der Waals surface area contributed by atoms with Gasteiger partial charge in [-0.05, 0) is 25.7 Å². The number of aromatic nitrogens is 3. The minimum Gasteiger partial charge on any atom is -0.338 e. The minimum absolute atomic E-state index is 0.239. The highest BCUT2D eigenvalue weighted by Gasteiger charge is 2.20. The van der Waals surface area contributed by atoms with Gasteiger partial charge in [-0.15, -0.1) is 5.10 Å². The molecule has 0 bridgehead atoms. The highest BCUT2D eigenvalue weighted by Crippen LogP contribution is 2.16. The van der Waals surface area contributed by atoms with Crippen molar-refractivity contribution >= 4 is 5.95 Å². The molecule has 17 heavy (non-hydrogen) atoms. The molecule has 2 N–H and O–H groups in total. The Balaban J connectivity index is 2.20. The van der Waals surface area contributed by atoms with Gasteiger partial charge in [0.05, 0.1) is 11.4 Å². The molecule has 5 heteroatoms. The monoisotopic (exact) mass is 235 g/mol. The van der Waals surface area contributed by atoms with Gasteiger partial charge in [-0.25, -0.2) is 4.98 Å². The number of aryl methyl sites for hydroxylation is 2. The fourth-order valence-electron chi connectivity index (χ4n) is 2.25. The van der Waals surface area contributed by atoms with E-state index in [0.717, 1.165) is 56.1 Å². The highest BCUT2D eigenvalue weighted by molar-refractivity contribution is 5.31. The first-order valence-electron chi connectivity index (χ1n) is 6.47. The Bertz CT molecular complexity index is 379. The maximum Gasteiger partial charge on any atom is 0.245 e. The lowest BCUT2D eigenvalue weighted by atomic mass is 10.1. The van der Waals surface area contributed by atoms with Crippen LogP contribution in [0.1, 0.15) is 38.1 Å². The van der Waals surface area contributed by atoms with Crippen LogP contribution < -0.4 is 10.6 Å². The molecule has 0 spiro atoms. The van der Waals surface area contributed by atoms with E-state index in [2.05, 4.69) is 33.9 Å². The summed E-state index contributed by atoms with van der Waals surface area (Å²) in [6, 6.07) is 0.239. The van der Waals surface area contributed by atoms with Crippen LogP contribution >= 0.6 is 0 Å². The van der Waals surface area contributed by atoms with E-state index in [9.17, 15) is 0 Å². The van der Waals surface area contributed by atoms with Gasteiger partial charge in [-0.1, -0.05) is 13.8 Å². The van der Waals surface area contributed by atoms with Crippen molar-refractivity contribution in [1.29, 1.82) is 0 Å². The number of anilines is 1. The van der Waals surface area contributed by atoms with E-state index in [-0.39, 0.29) is 6.04 Å². The Hall–Kier alpha value is -1.23. The third-order valence-electron chi connectivity index (χ3n) is 3.24. The summed E-state index contributed by atoms with van der Waals surface area (Å²) in [7, 11) is 0. The topological polar surface area (TPSA) is 67.9 Å². The normalized spacial score (nSPS) is 20.6. The van der Waals surface area contributed by atoms with Gasteiger partial charge in [-0.2, -0.15) is 5.10 Å². The van der Waals surface area contributed by atoms with E-state index in [1.807, 2.05) is 0 Å². The summed E-state index contributed by atoms with van der Waals surface area (Å²) >= 11 is 0. The molecular formula is C12H21N5. The second-order valence-corrected chi connectivity index (χ2v) is 4.56. The average molecular weight is 235 g/mol. The van der Waals surface area contributed by atoms with Crippen LogP contribution in [0.15, 0.2) is 0 Å². The van der Waals surface area contributed by atoms with Crippen molar-refractivity contribution in [3.8, 4) is 0 Å². The molecule has 0 aliphatic carbocycles. The maximum absolute atomic E-state index is 5.97. The third-order valence-corrected chi connectivity index (χ3v) is 3.24. The molecule has 0 radical (unpaired) electrons. The van der Waals surface area contributed by atoms with Crippen LogP contribution in [0.2, 0.25) is 0 Å². The lowest BCUT2D eigenvalue weighted by Crippen LogP contribution is -2.43. The summed E-state index contributed by atoms with van der Waals surface area (Å²) in [5.41, 5.74) is 8.05. The molecule has 94 valence electrons. The zero-order valence-electron chi connectivity index (χ0n) is 10.7. The molecule has 5 nitrogen and oxygen atoms in total. The molecule has 2 heterocycles. The second kappa shape index (κ2) is 5.40. The van der Waals surface area contributed by atoms with Gasteiger partial charge >= 0.3 is 0 Å². The van der Waals surface area contributed by atoms with Gasteiger partial charge in [0.15, 0.2) is 0 Å². The number of hydrogen-bond donors (Lipinski definition) is 1. The summed E-state index contributed by atoms with van der Waals surface area (Å²) in [6.45, 7) is 6.02. The third kappa shape index (κ3) is 2.72. The number of nitrogens with two attached hydrogens (primary N) is 1. The molecule has 1 aromatic heterocycles. The zero-order chi connectivity index (χ0) is 12.3. The van der Waals surface area contributed by atoms with Crippen molar-refractivity contribution in [3.63, 3.8) is 0 Å². The molecular weight excluding hydrogens is 214 g/mol. The van der Waals surface area contributed by atoms with Gasteiger partial charge < -0.3 is 10.6 Å². The molecule has 0 amide bonds. The van der Waals surface area contributed by atoms with Crippen molar-refractivity contribution in [3.05, 3.63) is 11.4 Å². The first kappa shape index (κ1) is 12.2. The van der Waals surface area contributed by atoms with E-state index < -0.39 is 0 Å². The molecule has 1 aliphatic rings. The molecule has 1 aliphatic heterocycles. The van der Waals surface area contributed by atoms with Gasteiger partial charge in [0.2, 0.25) is 5.95 Å². The number of hydrogen-bond acceptors (Lipinski definition) is 5. The van der Waals surface area contributed by atoms with Crippen LogP contribution in [0.25, 0.3) is 0 Å². The summed E-state index contributed by atoms with van der Waals surface area (Å²) < 4.78 is 0. The second-order valence-electron chi connectivity index (χ2n) is 4.56.